The van der Waals surface area contributed by atoms with Gasteiger partial charge in [0.2, 0.25) is 27.7 Å². The molecule has 3 aliphatic carbocycles. The summed E-state index contributed by atoms with van der Waals surface area (Å²) in [6.45, 7) is 12.6. The van der Waals surface area contributed by atoms with Crippen LogP contribution in [0.3, 0.4) is 0 Å². The molecule has 1 saturated heterocycles. The highest BCUT2D eigenvalue weighted by Crippen LogP contribution is 2.57. The highest BCUT2D eigenvalue weighted by atomic mass is 32.2. The summed E-state index contributed by atoms with van der Waals surface area (Å²) in [6.07, 6.45) is 7.03. The lowest BCUT2D eigenvalue weighted by molar-refractivity contribution is -0.159. The van der Waals surface area contributed by atoms with E-state index >= 15 is 0 Å². The Hall–Kier alpha value is -4.39. The predicted octanol–water partition coefficient (Wildman–Crippen LogP) is 5.88. The van der Waals surface area contributed by atoms with E-state index in [2.05, 4.69) is 28.4 Å². The predicted molar refractivity (Wildman–Crippen MR) is 206 cm³/mol. The Morgan fingerprint density at radius 2 is 1.82 bits per heavy atom. The van der Waals surface area contributed by atoms with E-state index in [1.54, 1.807) is 46.9 Å². The maximum atomic E-state index is 14.6. The number of nitrogens with zero attached hydrogens (tertiary/aromatic N) is 2. The van der Waals surface area contributed by atoms with Crippen molar-refractivity contribution in [1.29, 1.82) is 0 Å². The Morgan fingerprint density at radius 3 is 2.44 bits per heavy atom. The third kappa shape index (κ3) is 9.71. The summed E-state index contributed by atoms with van der Waals surface area (Å²) in [5, 5.41) is 1.13. The van der Waals surface area contributed by atoms with Crippen molar-refractivity contribution in [2.24, 2.45) is 17.3 Å². The molecule has 1 aromatic heterocycles. The van der Waals surface area contributed by atoms with E-state index in [0.29, 0.717) is 24.6 Å². The molecule has 3 saturated carbocycles. The van der Waals surface area contributed by atoms with Crippen molar-refractivity contribution in [3.63, 3.8) is 0 Å². The normalized spacial score (nSPS) is 24.1. The van der Waals surface area contributed by atoms with Crippen LogP contribution in [0.4, 0.5) is 0 Å². The zero-order valence-corrected chi connectivity index (χ0v) is 33.3. The summed E-state index contributed by atoms with van der Waals surface area (Å²) >= 11 is 0. The molecule has 1 aliphatic heterocycles. The van der Waals surface area contributed by atoms with Crippen LogP contribution in [-0.2, 0) is 38.7 Å². The van der Waals surface area contributed by atoms with Gasteiger partial charge in [0, 0.05) is 36.8 Å². The molecule has 55 heavy (non-hydrogen) atoms. The number of pyridine rings is 1. The average Bonchev–Trinajstić information content (AvgIpc) is 3.98. The van der Waals surface area contributed by atoms with Crippen LogP contribution in [-0.4, -0.2) is 77.2 Å². The molecule has 13 heteroatoms. The van der Waals surface area contributed by atoms with Gasteiger partial charge < -0.3 is 14.4 Å². The topological polar surface area (TPSA) is 166 Å². The molecule has 4 fully saturated rings. The van der Waals surface area contributed by atoms with Crippen molar-refractivity contribution < 1.29 is 41.9 Å². The Kier molecular flexibility index (Phi) is 11.4. The largest absolute Gasteiger partial charge is 0.472 e. The second kappa shape index (κ2) is 15.6. The number of Topliss-reactive ketones (excluding diaryl/α,β-unsaturated/α-hetero) is 1. The number of carbonyl (C=O) groups excluding carboxylic acids is 5. The third-order valence-corrected chi connectivity index (χ3v) is 12.7. The number of ether oxygens (including phenoxy) is 2. The van der Waals surface area contributed by atoms with Gasteiger partial charge >= 0.3 is 5.97 Å². The molecule has 0 bridgehead atoms. The summed E-state index contributed by atoms with van der Waals surface area (Å²) in [5.74, 6) is -2.98. The van der Waals surface area contributed by atoms with E-state index < -0.39 is 73.8 Å². The molecule has 296 valence electrons. The van der Waals surface area contributed by atoms with Gasteiger partial charge in [-0.15, -0.1) is 6.58 Å². The van der Waals surface area contributed by atoms with E-state index in [1.165, 1.54) is 16.5 Å². The van der Waals surface area contributed by atoms with E-state index in [0.717, 1.165) is 29.2 Å². The number of amides is 2. The average molecular weight is 776 g/mol. The van der Waals surface area contributed by atoms with Crippen LogP contribution in [0.15, 0.2) is 54.8 Å². The van der Waals surface area contributed by atoms with Crippen LogP contribution in [0.5, 0.6) is 5.88 Å². The van der Waals surface area contributed by atoms with Crippen LogP contribution in [0.25, 0.3) is 10.8 Å². The van der Waals surface area contributed by atoms with Crippen LogP contribution in [0, 0.1) is 17.3 Å². The highest BCUT2D eigenvalue weighted by Gasteiger charge is 2.61. The molecule has 2 heterocycles. The molecule has 5 atom stereocenters. The number of likely N-dealkylation sites (tertiary alicyclic amines) is 1. The van der Waals surface area contributed by atoms with Crippen LogP contribution in [0.1, 0.15) is 110 Å². The second-order valence-corrected chi connectivity index (χ2v) is 19.0. The first-order valence-electron chi connectivity index (χ1n) is 19.4. The second-order valence-electron chi connectivity index (χ2n) is 17.1. The first-order chi connectivity index (χ1) is 25.9. The van der Waals surface area contributed by atoms with Gasteiger partial charge in [-0.25, -0.2) is 13.4 Å². The van der Waals surface area contributed by atoms with Gasteiger partial charge in [-0.1, -0.05) is 23.8 Å². The van der Waals surface area contributed by atoms with Gasteiger partial charge in [-0.3, -0.25) is 28.7 Å². The maximum Gasteiger partial charge on any atom is 0.307 e. The summed E-state index contributed by atoms with van der Waals surface area (Å²) < 4.78 is 39.8. The summed E-state index contributed by atoms with van der Waals surface area (Å²) in [4.78, 5) is 74.5. The number of benzene rings is 1. The lowest BCUT2D eigenvalue weighted by Crippen LogP contribution is -2.46. The fraction of sp³-hybridized carbons (Fsp3) is 0.571. The van der Waals surface area contributed by atoms with Crippen LogP contribution >= 0.6 is 0 Å². The third-order valence-electron chi connectivity index (χ3n) is 10.9. The van der Waals surface area contributed by atoms with Crippen molar-refractivity contribution in [1.82, 2.24) is 14.6 Å². The Labute approximate surface area is 323 Å². The molecule has 0 spiro atoms. The van der Waals surface area contributed by atoms with Gasteiger partial charge in [-0.05, 0) is 114 Å². The minimum Gasteiger partial charge on any atom is -0.472 e. The molecular formula is C42H53N3O9S. The molecule has 4 aliphatic rings. The molecule has 12 nitrogen and oxygen atoms in total. The standard InChI is InChI=1S/C42H53N3O9S/c1-7-30-22-42(30,40(50)44-55(51,52)33-13-14-33)23-36(47)35-21-32(53-38-34-15-11-27(26-8-9-26)19-28(34)16-17-43-38)24-45(35)39(49)29(10-12-31(46)18-25(2)3)20-37(48)54-41(4,5)6/h7,11,15-19,26,29-30,32-33,35H,1,8-10,12-14,20-24H2,2-6H3,(H,44,50)/t29-,30-,32-,35+,42-/m1/s1. The van der Waals surface area contributed by atoms with E-state index in [4.69, 9.17) is 9.47 Å². The van der Waals surface area contributed by atoms with E-state index in [-0.39, 0.29) is 50.9 Å². The Morgan fingerprint density at radius 1 is 1.09 bits per heavy atom. The minimum absolute atomic E-state index is 0.000693. The monoisotopic (exact) mass is 775 g/mol. The Balaban J connectivity index is 1.28. The molecular weight excluding hydrogens is 723 g/mol. The number of rotatable bonds is 17. The van der Waals surface area contributed by atoms with Gasteiger partial charge in [0.05, 0.1) is 29.7 Å². The summed E-state index contributed by atoms with van der Waals surface area (Å²) in [6, 6.07) is 7.05. The van der Waals surface area contributed by atoms with Gasteiger partial charge in [-0.2, -0.15) is 0 Å². The number of nitrogens with one attached hydrogen (secondary N) is 1. The molecule has 1 aromatic carbocycles. The molecule has 0 radical (unpaired) electrons. The summed E-state index contributed by atoms with van der Waals surface area (Å²) in [5.41, 5.74) is -0.0751. The minimum atomic E-state index is -3.87. The van der Waals surface area contributed by atoms with E-state index in [9.17, 15) is 32.4 Å². The van der Waals surface area contributed by atoms with E-state index in [1.807, 2.05) is 12.1 Å². The summed E-state index contributed by atoms with van der Waals surface area (Å²) in [7, 11) is -3.87. The lowest BCUT2D eigenvalue weighted by atomic mass is 9.90. The molecule has 2 aromatic rings. The Bertz CT molecular complexity index is 2020. The number of fused-ring (bicyclic) bond motifs is 1. The first kappa shape index (κ1) is 40.3. The van der Waals surface area contributed by atoms with Gasteiger partial charge in [0.15, 0.2) is 11.6 Å². The molecule has 6 rings (SSSR count). The molecule has 0 unspecified atom stereocenters. The molecule has 1 N–H and O–H groups in total. The maximum absolute atomic E-state index is 14.6. The van der Waals surface area contributed by atoms with Gasteiger partial charge in [0.25, 0.3) is 0 Å². The number of esters is 1. The van der Waals surface area contributed by atoms with Crippen LogP contribution < -0.4 is 9.46 Å². The number of carbonyl (C=O) groups is 5. The smallest absolute Gasteiger partial charge is 0.307 e. The van der Waals surface area contributed by atoms with Crippen molar-refractivity contribution in [2.75, 3.05) is 6.54 Å². The van der Waals surface area contributed by atoms with Crippen molar-refractivity contribution >= 4 is 50.1 Å². The quantitative estimate of drug-likeness (QED) is 0.116. The number of aromatic nitrogens is 1. The lowest BCUT2D eigenvalue weighted by Gasteiger charge is -2.29. The zero-order chi connectivity index (χ0) is 39.9. The number of sulfonamides is 1. The number of ketones is 2. The first-order valence-corrected chi connectivity index (χ1v) is 20.9. The van der Waals surface area contributed by atoms with Crippen molar-refractivity contribution in [3.8, 4) is 5.88 Å². The van der Waals surface area contributed by atoms with Crippen LogP contribution in [0.2, 0.25) is 0 Å². The number of allylic oxidation sites excluding steroid dienone is 3. The number of hydrogen-bond donors (Lipinski definition) is 1. The SMILES string of the molecule is C=C[C@@H]1C[C@]1(CC(=O)[C@@H]1C[C@@H](Oc2nccc3cc(C4CC4)ccc23)CN1C(=O)[C@H](CCC(=O)C=C(C)C)CC(=O)OC(C)(C)C)C(=O)NS(=O)(=O)C1CC1. The fourth-order valence-corrected chi connectivity index (χ4v) is 9.06. The zero-order valence-electron chi connectivity index (χ0n) is 32.5. The fourth-order valence-electron chi connectivity index (χ4n) is 7.67. The number of hydrogen-bond acceptors (Lipinski definition) is 10. The molecule has 2 amide bonds. The van der Waals surface area contributed by atoms with Crippen molar-refractivity contribution in [2.45, 2.75) is 128 Å². The highest BCUT2D eigenvalue weighted by molar-refractivity contribution is 7.90. The van der Waals surface area contributed by atoms with Gasteiger partial charge in [0.1, 0.15) is 11.7 Å². The van der Waals surface area contributed by atoms with Crippen molar-refractivity contribution in [3.05, 3.63) is 60.3 Å².